The molecule has 4 nitrogen and oxygen atoms in total. The van der Waals surface area contributed by atoms with E-state index in [2.05, 4.69) is 17.2 Å². The number of hydrogen-bond donors (Lipinski definition) is 2. The quantitative estimate of drug-likeness (QED) is 0.809. The number of nitrogens with one attached hydrogen (secondary N) is 1. The molecule has 0 radical (unpaired) electrons. The highest BCUT2D eigenvalue weighted by molar-refractivity contribution is 5.76. The lowest BCUT2D eigenvalue weighted by Crippen LogP contribution is -2.15. The standard InChI is InChI=1S/C12H17N3O/c1-9(4-5-13)7-14-10-2-3-11-12(6-10)16-8-15-11/h2-3,6,8-9,14H,4-5,7,13H2,1H3. The zero-order valence-corrected chi connectivity index (χ0v) is 9.44. The number of hydrogen-bond acceptors (Lipinski definition) is 4. The topological polar surface area (TPSA) is 64.1 Å². The van der Waals surface area contributed by atoms with E-state index in [1.165, 1.54) is 6.39 Å². The van der Waals surface area contributed by atoms with E-state index in [0.717, 1.165) is 36.3 Å². The molecule has 4 heteroatoms. The first-order valence-corrected chi connectivity index (χ1v) is 5.57. The number of nitrogens with zero attached hydrogens (tertiary/aromatic N) is 1. The minimum Gasteiger partial charge on any atom is -0.443 e. The van der Waals surface area contributed by atoms with Gasteiger partial charge in [0.05, 0.1) is 0 Å². The maximum Gasteiger partial charge on any atom is 0.181 e. The number of anilines is 1. The summed E-state index contributed by atoms with van der Waals surface area (Å²) in [7, 11) is 0. The van der Waals surface area contributed by atoms with Gasteiger partial charge in [0.1, 0.15) is 5.52 Å². The molecule has 2 rings (SSSR count). The molecule has 0 aliphatic rings. The van der Waals surface area contributed by atoms with Gasteiger partial charge in [-0.05, 0) is 31.0 Å². The van der Waals surface area contributed by atoms with E-state index in [1.54, 1.807) is 0 Å². The largest absolute Gasteiger partial charge is 0.443 e. The van der Waals surface area contributed by atoms with E-state index in [1.807, 2.05) is 18.2 Å². The van der Waals surface area contributed by atoms with Crippen molar-refractivity contribution < 1.29 is 4.42 Å². The van der Waals surface area contributed by atoms with Crippen LogP contribution in [0.4, 0.5) is 5.69 Å². The van der Waals surface area contributed by atoms with Crippen LogP contribution < -0.4 is 11.1 Å². The van der Waals surface area contributed by atoms with E-state index in [4.69, 9.17) is 10.2 Å². The first kappa shape index (κ1) is 11.0. The van der Waals surface area contributed by atoms with Crippen molar-refractivity contribution in [3.8, 4) is 0 Å². The molecule has 1 atom stereocenters. The van der Waals surface area contributed by atoms with Crippen LogP contribution in [0, 0.1) is 5.92 Å². The van der Waals surface area contributed by atoms with E-state index in [9.17, 15) is 0 Å². The minimum absolute atomic E-state index is 0.579. The third kappa shape index (κ3) is 2.52. The first-order chi connectivity index (χ1) is 7.79. The van der Waals surface area contributed by atoms with E-state index in [0.29, 0.717) is 5.92 Å². The Balaban J connectivity index is 1.98. The summed E-state index contributed by atoms with van der Waals surface area (Å²) in [6.07, 6.45) is 2.50. The number of oxazole rings is 1. The van der Waals surface area contributed by atoms with Crippen molar-refractivity contribution in [1.82, 2.24) is 4.98 Å². The summed E-state index contributed by atoms with van der Waals surface area (Å²) in [6.45, 7) is 3.85. The van der Waals surface area contributed by atoms with Crippen molar-refractivity contribution in [2.45, 2.75) is 13.3 Å². The molecule has 0 aliphatic heterocycles. The smallest absolute Gasteiger partial charge is 0.181 e. The lowest BCUT2D eigenvalue weighted by atomic mass is 10.1. The monoisotopic (exact) mass is 219 g/mol. The molecular formula is C12H17N3O. The number of aromatic nitrogens is 1. The molecular weight excluding hydrogens is 202 g/mol. The van der Waals surface area contributed by atoms with Crippen molar-refractivity contribution in [3.63, 3.8) is 0 Å². The molecule has 0 amide bonds. The van der Waals surface area contributed by atoms with Crippen LogP contribution >= 0.6 is 0 Å². The molecule has 3 N–H and O–H groups in total. The molecule has 1 heterocycles. The molecule has 1 aromatic carbocycles. The molecule has 0 spiro atoms. The normalized spacial score (nSPS) is 12.9. The van der Waals surface area contributed by atoms with Crippen molar-refractivity contribution in [3.05, 3.63) is 24.6 Å². The molecule has 86 valence electrons. The predicted octanol–water partition coefficient (Wildman–Crippen LogP) is 2.22. The highest BCUT2D eigenvalue weighted by atomic mass is 16.3. The van der Waals surface area contributed by atoms with Crippen LogP contribution in [0.1, 0.15) is 13.3 Å². The summed E-state index contributed by atoms with van der Waals surface area (Å²) >= 11 is 0. The Labute approximate surface area is 94.8 Å². The van der Waals surface area contributed by atoms with Crippen molar-refractivity contribution in [2.75, 3.05) is 18.4 Å². The van der Waals surface area contributed by atoms with Crippen LogP contribution in [0.2, 0.25) is 0 Å². The van der Waals surface area contributed by atoms with Gasteiger partial charge in [0.15, 0.2) is 12.0 Å². The molecule has 0 aliphatic carbocycles. The van der Waals surface area contributed by atoms with Crippen LogP contribution in [-0.2, 0) is 0 Å². The lowest BCUT2D eigenvalue weighted by molar-refractivity contribution is 0.568. The second-order valence-electron chi connectivity index (χ2n) is 4.10. The van der Waals surface area contributed by atoms with E-state index >= 15 is 0 Å². The zero-order valence-electron chi connectivity index (χ0n) is 9.44. The molecule has 0 bridgehead atoms. The lowest BCUT2D eigenvalue weighted by Gasteiger charge is -2.12. The molecule has 0 saturated heterocycles. The summed E-state index contributed by atoms with van der Waals surface area (Å²) in [5, 5.41) is 3.37. The fraction of sp³-hybridized carbons (Fsp3) is 0.417. The second kappa shape index (κ2) is 4.99. The molecule has 1 aromatic heterocycles. The van der Waals surface area contributed by atoms with E-state index in [-0.39, 0.29) is 0 Å². The van der Waals surface area contributed by atoms with Crippen LogP contribution in [0.5, 0.6) is 0 Å². The summed E-state index contributed by atoms with van der Waals surface area (Å²) in [6, 6.07) is 5.94. The Morgan fingerprint density at radius 3 is 3.19 bits per heavy atom. The molecule has 16 heavy (non-hydrogen) atoms. The third-order valence-electron chi connectivity index (χ3n) is 2.65. The number of rotatable bonds is 5. The Morgan fingerprint density at radius 2 is 2.38 bits per heavy atom. The second-order valence-corrected chi connectivity index (χ2v) is 4.10. The molecule has 1 unspecified atom stereocenters. The van der Waals surface area contributed by atoms with Gasteiger partial charge in [-0.3, -0.25) is 0 Å². The average Bonchev–Trinajstić information content (AvgIpc) is 2.74. The van der Waals surface area contributed by atoms with Gasteiger partial charge < -0.3 is 15.5 Å². The van der Waals surface area contributed by atoms with E-state index < -0.39 is 0 Å². The van der Waals surface area contributed by atoms with Gasteiger partial charge in [0.2, 0.25) is 0 Å². The number of fused-ring (bicyclic) bond motifs is 1. The van der Waals surface area contributed by atoms with Crippen molar-refractivity contribution >= 4 is 16.8 Å². The highest BCUT2D eigenvalue weighted by Gasteiger charge is 2.02. The summed E-state index contributed by atoms with van der Waals surface area (Å²) in [4.78, 5) is 4.07. The van der Waals surface area contributed by atoms with Crippen LogP contribution in [0.25, 0.3) is 11.1 Å². The van der Waals surface area contributed by atoms with Gasteiger partial charge in [-0.2, -0.15) is 0 Å². The van der Waals surface area contributed by atoms with Gasteiger partial charge in [0, 0.05) is 18.3 Å². The zero-order chi connectivity index (χ0) is 11.4. The number of nitrogens with two attached hydrogens (primary N) is 1. The van der Waals surface area contributed by atoms with Gasteiger partial charge in [0.25, 0.3) is 0 Å². The SMILES string of the molecule is CC(CCN)CNc1ccc2ncoc2c1. The Morgan fingerprint density at radius 1 is 1.50 bits per heavy atom. The van der Waals surface area contributed by atoms with Gasteiger partial charge >= 0.3 is 0 Å². The fourth-order valence-electron chi connectivity index (χ4n) is 1.64. The summed E-state index contributed by atoms with van der Waals surface area (Å²) in [5.41, 5.74) is 8.28. The van der Waals surface area contributed by atoms with Crippen LogP contribution in [-0.4, -0.2) is 18.1 Å². The van der Waals surface area contributed by atoms with Crippen molar-refractivity contribution in [2.24, 2.45) is 11.7 Å². The summed E-state index contributed by atoms with van der Waals surface area (Å²) < 4.78 is 5.24. The first-order valence-electron chi connectivity index (χ1n) is 5.57. The van der Waals surface area contributed by atoms with Crippen LogP contribution in [0.3, 0.4) is 0 Å². The third-order valence-corrected chi connectivity index (χ3v) is 2.65. The molecule has 2 aromatic rings. The van der Waals surface area contributed by atoms with Gasteiger partial charge in [-0.15, -0.1) is 0 Å². The highest BCUT2D eigenvalue weighted by Crippen LogP contribution is 2.18. The van der Waals surface area contributed by atoms with Gasteiger partial charge in [-0.1, -0.05) is 6.92 Å². The average molecular weight is 219 g/mol. The predicted molar refractivity (Wildman–Crippen MR) is 65.3 cm³/mol. The Hall–Kier alpha value is -1.55. The van der Waals surface area contributed by atoms with Crippen molar-refractivity contribution in [1.29, 1.82) is 0 Å². The van der Waals surface area contributed by atoms with Gasteiger partial charge in [-0.25, -0.2) is 4.98 Å². The number of benzene rings is 1. The van der Waals surface area contributed by atoms with Crippen LogP contribution in [0.15, 0.2) is 29.0 Å². The fourth-order valence-corrected chi connectivity index (χ4v) is 1.64. The maximum atomic E-state index is 5.51. The Bertz CT molecular complexity index is 452. The minimum atomic E-state index is 0.579. The molecule has 0 fully saturated rings. The summed E-state index contributed by atoms with van der Waals surface area (Å²) in [5.74, 6) is 0.579. The molecule has 0 saturated carbocycles. The maximum absolute atomic E-state index is 5.51. The Kier molecular flexibility index (Phi) is 3.41.